The minimum absolute atomic E-state index is 0.653. The van der Waals surface area contributed by atoms with Crippen LogP contribution >= 0.6 is 0 Å². The molecule has 0 unspecified atom stereocenters. The Morgan fingerprint density at radius 2 is 1.59 bits per heavy atom. The molecule has 2 rings (SSSR count). The molecule has 0 fully saturated rings. The van der Waals surface area contributed by atoms with Gasteiger partial charge >= 0.3 is 8.80 Å². The van der Waals surface area contributed by atoms with Crippen LogP contribution in [0.4, 0.5) is 0 Å². The van der Waals surface area contributed by atoms with Crippen molar-refractivity contribution >= 4 is 14.9 Å². The van der Waals surface area contributed by atoms with Crippen LogP contribution in [0.2, 0.25) is 6.04 Å². The van der Waals surface area contributed by atoms with Gasteiger partial charge in [0.2, 0.25) is 0 Å². The van der Waals surface area contributed by atoms with Gasteiger partial charge in [-0.15, -0.1) is 0 Å². The van der Waals surface area contributed by atoms with Gasteiger partial charge in [0.15, 0.2) is 0 Å². The number of benzene rings is 1. The molecule has 0 saturated carbocycles. The van der Waals surface area contributed by atoms with Gasteiger partial charge in [0.1, 0.15) is 0 Å². The minimum atomic E-state index is -2.47. The fourth-order valence-electron chi connectivity index (χ4n) is 3.05. The summed E-state index contributed by atoms with van der Waals surface area (Å²) in [5.74, 6) is 0. The molecule has 0 radical (unpaired) electrons. The monoisotopic (exact) mass is 320 g/mol. The molecule has 0 saturated heterocycles. The first kappa shape index (κ1) is 17.4. The Labute approximate surface area is 135 Å². The second-order valence-corrected chi connectivity index (χ2v) is 8.25. The molecule has 0 aromatic heterocycles. The topological polar surface area (TPSA) is 27.7 Å². The van der Waals surface area contributed by atoms with Gasteiger partial charge in [-0.3, -0.25) is 0 Å². The van der Waals surface area contributed by atoms with Crippen LogP contribution < -0.4 is 0 Å². The summed E-state index contributed by atoms with van der Waals surface area (Å²) >= 11 is 0. The molecule has 0 spiro atoms. The average molecular weight is 321 g/mol. The maximum absolute atomic E-state index is 5.91. The summed E-state index contributed by atoms with van der Waals surface area (Å²) in [6.45, 7) is 7.99. The van der Waals surface area contributed by atoms with Crippen LogP contribution in [0.5, 0.6) is 0 Å². The van der Waals surface area contributed by atoms with Crippen LogP contribution in [0.1, 0.15) is 44.7 Å². The summed E-state index contributed by atoms with van der Waals surface area (Å²) in [6.07, 6.45) is 5.58. The van der Waals surface area contributed by atoms with Gasteiger partial charge in [-0.1, -0.05) is 35.9 Å². The van der Waals surface area contributed by atoms with Crippen LogP contribution in [0.3, 0.4) is 0 Å². The highest BCUT2D eigenvalue weighted by Gasteiger charge is 2.39. The Kier molecular flexibility index (Phi) is 6.83. The molecule has 0 N–H and O–H groups in total. The van der Waals surface area contributed by atoms with Gasteiger partial charge < -0.3 is 13.3 Å². The molecule has 0 atom stereocenters. The molecular weight excluding hydrogens is 292 g/mol. The summed E-state index contributed by atoms with van der Waals surface area (Å²) in [7, 11) is -2.47. The van der Waals surface area contributed by atoms with E-state index in [1.54, 1.807) is 0 Å². The SMILES string of the molecule is CCO[Si](CCCC1=Cc2ccccc2C1)(OCC)OCC. The normalized spacial score (nSPS) is 14.0. The van der Waals surface area contributed by atoms with E-state index in [1.165, 1.54) is 16.7 Å². The fourth-order valence-corrected chi connectivity index (χ4v) is 5.66. The molecule has 122 valence electrons. The second-order valence-electron chi connectivity index (χ2n) is 5.51. The standard InChI is InChI=1S/C18H28O3Si/c1-4-19-22(20-5-2,21-6-3)13-9-10-16-14-17-11-7-8-12-18(17)15-16/h7-8,11-12,14H,4-6,9-10,13,15H2,1-3H3. The first-order valence-corrected chi connectivity index (χ1v) is 10.4. The van der Waals surface area contributed by atoms with Crippen molar-refractivity contribution in [3.8, 4) is 0 Å². The van der Waals surface area contributed by atoms with Crippen LogP contribution in [-0.2, 0) is 19.7 Å². The van der Waals surface area contributed by atoms with Crippen molar-refractivity contribution in [2.75, 3.05) is 19.8 Å². The highest BCUT2D eigenvalue weighted by atomic mass is 28.4. The van der Waals surface area contributed by atoms with Crippen molar-refractivity contribution in [2.24, 2.45) is 0 Å². The largest absolute Gasteiger partial charge is 0.500 e. The zero-order valence-electron chi connectivity index (χ0n) is 14.1. The molecule has 0 heterocycles. The maximum atomic E-state index is 5.91. The lowest BCUT2D eigenvalue weighted by atomic mass is 10.1. The Hall–Kier alpha value is -0.943. The van der Waals surface area contributed by atoms with Crippen molar-refractivity contribution in [3.05, 3.63) is 41.0 Å². The van der Waals surface area contributed by atoms with Crippen LogP contribution in [0.15, 0.2) is 29.8 Å². The predicted octanol–water partition coefficient (Wildman–Crippen LogP) is 4.45. The third-order valence-corrected chi connectivity index (χ3v) is 7.06. The van der Waals surface area contributed by atoms with E-state index < -0.39 is 8.80 Å². The maximum Gasteiger partial charge on any atom is 0.500 e. The lowest BCUT2D eigenvalue weighted by Gasteiger charge is -2.28. The van der Waals surface area contributed by atoms with E-state index in [-0.39, 0.29) is 0 Å². The molecule has 0 amide bonds. The first-order chi connectivity index (χ1) is 10.7. The second kappa shape index (κ2) is 8.63. The molecule has 1 aromatic carbocycles. The summed E-state index contributed by atoms with van der Waals surface area (Å²) < 4.78 is 17.7. The number of hydrogen-bond acceptors (Lipinski definition) is 3. The van der Waals surface area contributed by atoms with Crippen molar-refractivity contribution in [3.63, 3.8) is 0 Å². The first-order valence-electron chi connectivity index (χ1n) is 8.42. The lowest BCUT2D eigenvalue weighted by Crippen LogP contribution is -2.45. The molecule has 0 aliphatic heterocycles. The Morgan fingerprint density at radius 3 is 2.18 bits per heavy atom. The lowest BCUT2D eigenvalue weighted by molar-refractivity contribution is 0.0708. The molecule has 0 bridgehead atoms. The van der Waals surface area contributed by atoms with E-state index >= 15 is 0 Å². The smallest absolute Gasteiger partial charge is 0.374 e. The highest BCUT2D eigenvalue weighted by Crippen LogP contribution is 2.29. The van der Waals surface area contributed by atoms with Crippen molar-refractivity contribution in [2.45, 2.75) is 46.1 Å². The highest BCUT2D eigenvalue weighted by molar-refractivity contribution is 6.60. The zero-order valence-corrected chi connectivity index (χ0v) is 15.1. The van der Waals surface area contributed by atoms with Crippen molar-refractivity contribution in [1.82, 2.24) is 0 Å². The van der Waals surface area contributed by atoms with Crippen LogP contribution in [0.25, 0.3) is 6.08 Å². The Bertz CT molecular complexity index is 482. The van der Waals surface area contributed by atoms with E-state index in [2.05, 4.69) is 30.3 Å². The predicted molar refractivity (Wildman–Crippen MR) is 92.8 cm³/mol. The van der Waals surface area contributed by atoms with Gasteiger partial charge in [-0.25, -0.2) is 0 Å². The van der Waals surface area contributed by atoms with E-state index in [9.17, 15) is 0 Å². The van der Waals surface area contributed by atoms with Gasteiger partial charge in [0.05, 0.1) is 0 Å². The molecule has 1 aromatic rings. The van der Waals surface area contributed by atoms with Crippen LogP contribution in [-0.4, -0.2) is 28.6 Å². The molecule has 1 aliphatic rings. The molecule has 4 heteroatoms. The summed E-state index contributed by atoms with van der Waals surface area (Å²) in [4.78, 5) is 0. The van der Waals surface area contributed by atoms with E-state index in [0.717, 1.165) is 25.3 Å². The minimum Gasteiger partial charge on any atom is -0.374 e. The molecule has 1 aliphatic carbocycles. The molecule has 3 nitrogen and oxygen atoms in total. The Balaban J connectivity index is 1.88. The Morgan fingerprint density at radius 1 is 0.955 bits per heavy atom. The molecular formula is C18H28O3Si. The summed E-state index contributed by atoms with van der Waals surface area (Å²) in [5.41, 5.74) is 4.33. The third kappa shape index (κ3) is 4.52. The molecule has 22 heavy (non-hydrogen) atoms. The van der Waals surface area contributed by atoms with E-state index in [4.69, 9.17) is 13.3 Å². The van der Waals surface area contributed by atoms with Gasteiger partial charge in [-0.2, -0.15) is 0 Å². The summed E-state index contributed by atoms with van der Waals surface area (Å²) in [6, 6.07) is 9.54. The third-order valence-electron chi connectivity index (χ3n) is 3.91. The quantitative estimate of drug-likeness (QED) is 0.596. The zero-order chi connectivity index (χ0) is 15.8. The average Bonchev–Trinajstić information content (AvgIpc) is 2.90. The van der Waals surface area contributed by atoms with Gasteiger partial charge in [0.25, 0.3) is 0 Å². The fraction of sp³-hybridized carbons (Fsp3) is 0.556. The van der Waals surface area contributed by atoms with E-state index in [1.807, 2.05) is 20.8 Å². The number of rotatable bonds is 10. The summed E-state index contributed by atoms with van der Waals surface area (Å²) in [5, 5.41) is 0. The number of allylic oxidation sites excluding steroid dienone is 1. The van der Waals surface area contributed by atoms with E-state index in [0.29, 0.717) is 19.8 Å². The number of hydrogen-bond donors (Lipinski definition) is 0. The van der Waals surface area contributed by atoms with Crippen LogP contribution in [0, 0.1) is 0 Å². The number of fused-ring (bicyclic) bond motifs is 1. The van der Waals surface area contributed by atoms with Gasteiger partial charge in [0, 0.05) is 25.9 Å². The van der Waals surface area contributed by atoms with Gasteiger partial charge in [-0.05, 0) is 51.2 Å². The van der Waals surface area contributed by atoms with Crippen molar-refractivity contribution < 1.29 is 13.3 Å². The van der Waals surface area contributed by atoms with Crippen molar-refractivity contribution in [1.29, 1.82) is 0 Å².